The van der Waals surface area contributed by atoms with E-state index < -0.39 is 0 Å². The van der Waals surface area contributed by atoms with Gasteiger partial charge in [0.2, 0.25) is 0 Å². The normalized spacial score (nSPS) is 14.8. The summed E-state index contributed by atoms with van der Waals surface area (Å²) >= 11 is 0. The first-order valence-electron chi connectivity index (χ1n) is 7.98. The molecule has 0 bridgehead atoms. The zero-order valence-corrected chi connectivity index (χ0v) is 13.7. The molecule has 0 saturated carbocycles. The average molecular weight is 325 g/mol. The van der Waals surface area contributed by atoms with E-state index in [1.807, 2.05) is 18.7 Å². The molecule has 0 atom stereocenters. The number of hydrogen-bond donors (Lipinski definition) is 1. The fraction of sp³-hybridized carbons (Fsp3) is 0.353. The third-order valence-electron chi connectivity index (χ3n) is 4.45. The molecular formula is C17H19N5O2. The van der Waals surface area contributed by atoms with Gasteiger partial charge in [0.1, 0.15) is 0 Å². The van der Waals surface area contributed by atoms with Gasteiger partial charge in [-0.1, -0.05) is 0 Å². The third-order valence-corrected chi connectivity index (χ3v) is 4.45. The smallest absolute Gasteiger partial charge is 0.256 e. The Morgan fingerprint density at radius 3 is 3.00 bits per heavy atom. The number of H-pyrrole nitrogens is 1. The van der Waals surface area contributed by atoms with Crippen LogP contribution in [-0.4, -0.2) is 31.2 Å². The Balaban J connectivity index is 1.58. The molecule has 0 radical (unpaired) electrons. The number of aryl methyl sites for hydroxylation is 2. The maximum absolute atomic E-state index is 12.5. The predicted molar refractivity (Wildman–Crippen MR) is 88.3 cm³/mol. The number of nitrogens with zero attached hydrogens (tertiary/aromatic N) is 4. The molecule has 7 heteroatoms. The predicted octanol–water partition coefficient (Wildman–Crippen LogP) is 1.63. The molecular weight excluding hydrogens is 306 g/mol. The highest BCUT2D eigenvalue weighted by molar-refractivity contribution is 5.46. The van der Waals surface area contributed by atoms with E-state index in [2.05, 4.69) is 26.0 Å². The molecule has 1 aliphatic heterocycles. The van der Waals surface area contributed by atoms with Gasteiger partial charge in [-0.2, -0.15) is 5.10 Å². The number of nitrogens with one attached hydrogen (secondary N) is 1. The standard InChI is InChI=1S/C17H19N5O2/c1-11-8-12(20-21(11)2)9-22-6-5-14-13(10-22)17(23)19-16(18-14)15-4-3-7-24-15/h3-4,7-8H,5-6,9-10H2,1-2H3,(H,18,19,23). The Hall–Kier alpha value is -2.67. The number of aromatic nitrogens is 4. The number of rotatable bonds is 3. The lowest BCUT2D eigenvalue weighted by atomic mass is 10.1. The summed E-state index contributed by atoms with van der Waals surface area (Å²) in [6.07, 6.45) is 2.32. The van der Waals surface area contributed by atoms with Crippen molar-refractivity contribution in [1.82, 2.24) is 24.6 Å². The lowest BCUT2D eigenvalue weighted by molar-refractivity contribution is 0.238. The number of fused-ring (bicyclic) bond motifs is 1. The van der Waals surface area contributed by atoms with Crippen LogP contribution in [0.1, 0.15) is 22.6 Å². The van der Waals surface area contributed by atoms with Crippen molar-refractivity contribution in [3.05, 3.63) is 57.5 Å². The Morgan fingerprint density at radius 1 is 1.42 bits per heavy atom. The summed E-state index contributed by atoms with van der Waals surface area (Å²) in [7, 11) is 1.94. The zero-order chi connectivity index (χ0) is 16.7. The van der Waals surface area contributed by atoms with Crippen molar-refractivity contribution in [2.45, 2.75) is 26.4 Å². The van der Waals surface area contributed by atoms with Crippen LogP contribution in [-0.2, 0) is 26.6 Å². The van der Waals surface area contributed by atoms with Crippen molar-refractivity contribution >= 4 is 0 Å². The summed E-state index contributed by atoms with van der Waals surface area (Å²) < 4.78 is 7.20. The summed E-state index contributed by atoms with van der Waals surface area (Å²) in [6, 6.07) is 5.66. The van der Waals surface area contributed by atoms with E-state index in [-0.39, 0.29) is 5.56 Å². The van der Waals surface area contributed by atoms with Crippen molar-refractivity contribution in [3.63, 3.8) is 0 Å². The van der Waals surface area contributed by atoms with Crippen LogP contribution in [0.25, 0.3) is 11.6 Å². The lowest BCUT2D eigenvalue weighted by Gasteiger charge is -2.26. The Kier molecular flexibility index (Phi) is 3.57. The van der Waals surface area contributed by atoms with Crippen LogP contribution in [0.4, 0.5) is 0 Å². The minimum Gasteiger partial charge on any atom is -0.461 e. The Labute approximate surface area is 138 Å². The van der Waals surface area contributed by atoms with E-state index in [0.717, 1.165) is 42.2 Å². The summed E-state index contributed by atoms with van der Waals surface area (Å²) in [5, 5.41) is 4.49. The fourth-order valence-corrected chi connectivity index (χ4v) is 3.09. The molecule has 0 amide bonds. The molecule has 124 valence electrons. The van der Waals surface area contributed by atoms with Gasteiger partial charge < -0.3 is 9.40 Å². The zero-order valence-electron chi connectivity index (χ0n) is 13.7. The molecule has 4 heterocycles. The molecule has 0 unspecified atom stereocenters. The van der Waals surface area contributed by atoms with Crippen LogP contribution in [0.3, 0.4) is 0 Å². The van der Waals surface area contributed by atoms with Crippen LogP contribution in [0.2, 0.25) is 0 Å². The van der Waals surface area contributed by atoms with Crippen molar-refractivity contribution < 1.29 is 4.42 Å². The number of aromatic amines is 1. The van der Waals surface area contributed by atoms with Crippen LogP contribution in [0.15, 0.2) is 33.7 Å². The fourth-order valence-electron chi connectivity index (χ4n) is 3.09. The lowest BCUT2D eigenvalue weighted by Crippen LogP contribution is -2.35. The molecule has 0 aromatic carbocycles. The first-order chi connectivity index (χ1) is 11.6. The van der Waals surface area contributed by atoms with Gasteiger partial charge in [0, 0.05) is 38.8 Å². The summed E-state index contributed by atoms with van der Waals surface area (Å²) in [5.41, 5.74) is 3.66. The van der Waals surface area contributed by atoms with Gasteiger partial charge in [-0.25, -0.2) is 4.98 Å². The van der Waals surface area contributed by atoms with E-state index in [4.69, 9.17) is 4.42 Å². The van der Waals surface area contributed by atoms with E-state index in [1.165, 1.54) is 0 Å². The maximum atomic E-state index is 12.5. The van der Waals surface area contributed by atoms with Crippen LogP contribution in [0, 0.1) is 6.92 Å². The molecule has 0 spiro atoms. The van der Waals surface area contributed by atoms with Gasteiger partial charge in [0.05, 0.1) is 23.2 Å². The highest BCUT2D eigenvalue weighted by atomic mass is 16.3. The van der Waals surface area contributed by atoms with Crippen LogP contribution in [0.5, 0.6) is 0 Å². The van der Waals surface area contributed by atoms with Crippen molar-refractivity contribution in [2.24, 2.45) is 7.05 Å². The third kappa shape index (κ3) is 2.67. The quantitative estimate of drug-likeness (QED) is 0.792. The second kappa shape index (κ2) is 5.76. The highest BCUT2D eigenvalue weighted by Crippen LogP contribution is 2.20. The molecule has 3 aromatic heterocycles. The largest absolute Gasteiger partial charge is 0.461 e. The first-order valence-corrected chi connectivity index (χ1v) is 7.98. The minimum atomic E-state index is -0.0895. The molecule has 3 aromatic rings. The van der Waals surface area contributed by atoms with Crippen molar-refractivity contribution in [3.8, 4) is 11.6 Å². The van der Waals surface area contributed by atoms with Gasteiger partial charge >= 0.3 is 0 Å². The second-order valence-corrected chi connectivity index (χ2v) is 6.18. The van der Waals surface area contributed by atoms with E-state index in [9.17, 15) is 4.79 Å². The molecule has 1 aliphatic rings. The van der Waals surface area contributed by atoms with Gasteiger partial charge in [0.15, 0.2) is 11.6 Å². The molecule has 1 N–H and O–H groups in total. The van der Waals surface area contributed by atoms with Gasteiger partial charge in [0.25, 0.3) is 5.56 Å². The topological polar surface area (TPSA) is 80.0 Å². The van der Waals surface area contributed by atoms with E-state index >= 15 is 0 Å². The average Bonchev–Trinajstić information content (AvgIpc) is 3.19. The summed E-state index contributed by atoms with van der Waals surface area (Å²) in [5.74, 6) is 1.08. The highest BCUT2D eigenvalue weighted by Gasteiger charge is 2.22. The van der Waals surface area contributed by atoms with Gasteiger partial charge in [-0.05, 0) is 25.1 Å². The van der Waals surface area contributed by atoms with Gasteiger partial charge in [-0.3, -0.25) is 14.4 Å². The number of furan rings is 1. The molecule has 7 nitrogen and oxygen atoms in total. The van der Waals surface area contributed by atoms with E-state index in [1.54, 1.807) is 18.4 Å². The molecule has 4 rings (SSSR count). The van der Waals surface area contributed by atoms with Crippen molar-refractivity contribution in [2.75, 3.05) is 6.54 Å². The summed E-state index contributed by atoms with van der Waals surface area (Å²) in [6.45, 7) is 4.22. The molecule has 24 heavy (non-hydrogen) atoms. The summed E-state index contributed by atoms with van der Waals surface area (Å²) in [4.78, 5) is 22.1. The Morgan fingerprint density at radius 2 is 2.29 bits per heavy atom. The Bertz CT molecular complexity index is 904. The molecule has 0 fully saturated rings. The first kappa shape index (κ1) is 14.9. The van der Waals surface area contributed by atoms with Gasteiger partial charge in [-0.15, -0.1) is 0 Å². The van der Waals surface area contributed by atoms with Crippen molar-refractivity contribution in [1.29, 1.82) is 0 Å². The number of hydrogen-bond acceptors (Lipinski definition) is 5. The molecule has 0 aliphatic carbocycles. The minimum absolute atomic E-state index is 0.0895. The van der Waals surface area contributed by atoms with Crippen LogP contribution >= 0.6 is 0 Å². The molecule has 0 saturated heterocycles. The second-order valence-electron chi connectivity index (χ2n) is 6.18. The monoisotopic (exact) mass is 325 g/mol. The maximum Gasteiger partial charge on any atom is 0.256 e. The SMILES string of the molecule is Cc1cc(CN2CCc3nc(-c4ccco4)[nH]c(=O)c3C2)nn1C. The van der Waals surface area contributed by atoms with E-state index in [0.29, 0.717) is 18.1 Å². The van der Waals surface area contributed by atoms with Crippen LogP contribution < -0.4 is 5.56 Å².